The molecule has 0 bridgehead atoms. The maximum atomic E-state index is 4.44. The Hall–Kier alpha value is -1.27. The highest BCUT2D eigenvalue weighted by Crippen LogP contribution is 2.27. The van der Waals surface area contributed by atoms with Crippen LogP contribution in [0.4, 0.5) is 0 Å². The van der Waals surface area contributed by atoms with Crippen molar-refractivity contribution in [3.63, 3.8) is 0 Å². The molecule has 20 heavy (non-hydrogen) atoms. The second kappa shape index (κ2) is 7.50. The third-order valence-electron chi connectivity index (χ3n) is 3.22. The summed E-state index contributed by atoms with van der Waals surface area (Å²) in [6, 6.07) is 0.163. The Balaban J connectivity index is 2.26. The van der Waals surface area contributed by atoms with E-state index in [1.807, 2.05) is 10.9 Å². The van der Waals surface area contributed by atoms with Gasteiger partial charge in [0.25, 0.3) is 0 Å². The van der Waals surface area contributed by atoms with E-state index in [2.05, 4.69) is 47.0 Å². The first-order chi connectivity index (χ1) is 9.80. The van der Waals surface area contributed by atoms with Crippen LogP contribution in [0.2, 0.25) is 0 Å². The summed E-state index contributed by atoms with van der Waals surface area (Å²) in [5.41, 5.74) is 2.29. The Kier molecular flexibility index (Phi) is 5.67. The number of aryl methyl sites for hydroxylation is 2. The van der Waals surface area contributed by atoms with Crippen LogP contribution in [-0.4, -0.2) is 25.9 Å². The minimum absolute atomic E-state index is 0.163. The lowest BCUT2D eigenvalue weighted by molar-refractivity contribution is 0.589. The zero-order chi connectivity index (χ0) is 14.4. The lowest BCUT2D eigenvalue weighted by atomic mass is 10.1. The summed E-state index contributed by atoms with van der Waals surface area (Å²) >= 11 is 1.49. The van der Waals surface area contributed by atoms with E-state index in [1.54, 1.807) is 0 Å². The van der Waals surface area contributed by atoms with Gasteiger partial charge in [-0.3, -0.25) is 4.68 Å². The van der Waals surface area contributed by atoms with Gasteiger partial charge in [-0.05, 0) is 37.3 Å². The van der Waals surface area contributed by atoms with Gasteiger partial charge in [-0.1, -0.05) is 25.3 Å². The Labute approximate surface area is 124 Å². The van der Waals surface area contributed by atoms with E-state index < -0.39 is 0 Å². The fourth-order valence-corrected chi connectivity index (χ4v) is 3.05. The lowest BCUT2D eigenvalue weighted by Gasteiger charge is -2.16. The minimum Gasteiger partial charge on any atom is -0.305 e. The Bertz CT molecular complexity index is 519. The Morgan fingerprint density at radius 3 is 2.85 bits per heavy atom. The quantitative estimate of drug-likeness (QED) is 0.813. The number of hydrogen-bond acceptors (Lipinski definition) is 5. The molecule has 2 heterocycles. The molecule has 0 aliphatic heterocycles. The summed E-state index contributed by atoms with van der Waals surface area (Å²) in [6.07, 6.45) is 7.21. The molecule has 0 fully saturated rings. The van der Waals surface area contributed by atoms with Crippen molar-refractivity contribution in [2.45, 2.75) is 52.6 Å². The monoisotopic (exact) mass is 293 g/mol. The van der Waals surface area contributed by atoms with E-state index in [0.29, 0.717) is 0 Å². The topological polar surface area (TPSA) is 55.6 Å². The molecule has 0 saturated carbocycles. The Morgan fingerprint density at radius 2 is 2.15 bits per heavy atom. The normalized spacial score (nSPS) is 12.8. The van der Waals surface area contributed by atoms with Crippen LogP contribution in [0.5, 0.6) is 0 Å². The fourth-order valence-electron chi connectivity index (χ4n) is 2.21. The number of rotatable bonds is 8. The third-order valence-corrected chi connectivity index (χ3v) is 4.05. The van der Waals surface area contributed by atoms with Gasteiger partial charge in [0.15, 0.2) is 0 Å². The van der Waals surface area contributed by atoms with Gasteiger partial charge in [-0.25, -0.2) is 0 Å². The van der Waals surface area contributed by atoms with Crippen molar-refractivity contribution in [3.05, 3.63) is 28.5 Å². The van der Waals surface area contributed by atoms with E-state index in [0.717, 1.165) is 38.0 Å². The van der Waals surface area contributed by atoms with Crippen LogP contribution in [0.1, 0.15) is 55.8 Å². The molecule has 1 atom stereocenters. The summed E-state index contributed by atoms with van der Waals surface area (Å²) in [7, 11) is 0. The summed E-state index contributed by atoms with van der Waals surface area (Å²) in [5, 5.41) is 12.3. The molecule has 110 valence electrons. The highest BCUT2D eigenvalue weighted by molar-refractivity contribution is 7.05. The van der Waals surface area contributed by atoms with Crippen molar-refractivity contribution in [2.24, 2.45) is 0 Å². The van der Waals surface area contributed by atoms with E-state index >= 15 is 0 Å². The molecule has 1 unspecified atom stereocenters. The van der Waals surface area contributed by atoms with Crippen LogP contribution in [0.3, 0.4) is 0 Å². The number of aromatic nitrogens is 4. The van der Waals surface area contributed by atoms with Gasteiger partial charge in [-0.15, -0.1) is 5.10 Å². The highest BCUT2D eigenvalue weighted by Gasteiger charge is 2.21. The molecule has 2 rings (SSSR count). The van der Waals surface area contributed by atoms with E-state index in [1.165, 1.54) is 22.0 Å². The minimum atomic E-state index is 0.163. The molecule has 0 aromatic carbocycles. The van der Waals surface area contributed by atoms with Crippen LogP contribution in [-0.2, 0) is 13.0 Å². The fraction of sp³-hybridized carbons (Fsp3) is 0.643. The first-order valence-corrected chi connectivity index (χ1v) is 8.14. The molecule has 0 saturated heterocycles. The molecular formula is C14H23N5S. The van der Waals surface area contributed by atoms with Crippen LogP contribution in [0, 0.1) is 0 Å². The SMILES string of the molecule is CCCNC(c1cnn(CCC)c1)c1snnc1CC. The van der Waals surface area contributed by atoms with Crippen LogP contribution in [0.15, 0.2) is 12.4 Å². The van der Waals surface area contributed by atoms with Gasteiger partial charge in [0.1, 0.15) is 0 Å². The van der Waals surface area contributed by atoms with E-state index in [9.17, 15) is 0 Å². The summed E-state index contributed by atoms with van der Waals surface area (Å²) in [6.45, 7) is 8.40. The zero-order valence-electron chi connectivity index (χ0n) is 12.5. The molecule has 1 N–H and O–H groups in total. The summed E-state index contributed by atoms with van der Waals surface area (Å²) in [4.78, 5) is 1.22. The molecule has 0 aliphatic rings. The molecule has 2 aromatic rings. The van der Waals surface area contributed by atoms with E-state index in [-0.39, 0.29) is 6.04 Å². The predicted octanol–water partition coefficient (Wildman–Crippen LogP) is 2.80. The van der Waals surface area contributed by atoms with Gasteiger partial charge < -0.3 is 5.32 Å². The average Bonchev–Trinajstić information content (AvgIpc) is 3.09. The standard InChI is InChI=1S/C14H23N5S/c1-4-7-15-13(14-12(6-3)17-18-20-14)11-9-16-19(10-11)8-5-2/h9-10,13,15H,4-8H2,1-3H3. The second-order valence-corrected chi connectivity index (χ2v) is 5.65. The van der Waals surface area contributed by atoms with Crippen molar-refractivity contribution in [3.8, 4) is 0 Å². The van der Waals surface area contributed by atoms with E-state index in [4.69, 9.17) is 0 Å². The number of hydrogen-bond donors (Lipinski definition) is 1. The molecule has 0 aliphatic carbocycles. The third kappa shape index (κ3) is 3.43. The molecule has 6 heteroatoms. The zero-order valence-corrected chi connectivity index (χ0v) is 13.3. The van der Waals surface area contributed by atoms with Crippen molar-refractivity contribution in [1.29, 1.82) is 0 Å². The van der Waals surface area contributed by atoms with Gasteiger partial charge in [0.2, 0.25) is 0 Å². The Morgan fingerprint density at radius 1 is 1.30 bits per heavy atom. The molecule has 0 spiro atoms. The smallest absolute Gasteiger partial charge is 0.0804 e. The molecule has 0 radical (unpaired) electrons. The van der Waals surface area contributed by atoms with Crippen molar-refractivity contribution in [2.75, 3.05) is 6.54 Å². The maximum absolute atomic E-state index is 4.44. The van der Waals surface area contributed by atoms with Crippen LogP contribution in [0.25, 0.3) is 0 Å². The average molecular weight is 293 g/mol. The van der Waals surface area contributed by atoms with Crippen LogP contribution < -0.4 is 5.32 Å². The van der Waals surface area contributed by atoms with Gasteiger partial charge in [0.05, 0.1) is 22.8 Å². The number of nitrogens with one attached hydrogen (secondary N) is 1. The highest BCUT2D eigenvalue weighted by atomic mass is 32.1. The molecular weight excluding hydrogens is 270 g/mol. The first-order valence-electron chi connectivity index (χ1n) is 7.36. The summed E-state index contributed by atoms with van der Waals surface area (Å²) < 4.78 is 6.12. The number of nitrogens with zero attached hydrogens (tertiary/aromatic N) is 4. The van der Waals surface area contributed by atoms with Crippen molar-refractivity contribution < 1.29 is 0 Å². The second-order valence-electron chi connectivity index (χ2n) is 4.86. The van der Waals surface area contributed by atoms with Gasteiger partial charge in [-0.2, -0.15) is 5.10 Å². The molecule has 2 aromatic heterocycles. The molecule has 0 amide bonds. The molecule has 5 nitrogen and oxygen atoms in total. The van der Waals surface area contributed by atoms with Gasteiger partial charge >= 0.3 is 0 Å². The van der Waals surface area contributed by atoms with Crippen molar-refractivity contribution in [1.82, 2.24) is 24.7 Å². The first kappa shape index (κ1) is 15.1. The maximum Gasteiger partial charge on any atom is 0.0804 e. The van der Waals surface area contributed by atoms with Crippen LogP contribution >= 0.6 is 11.5 Å². The summed E-state index contributed by atoms with van der Waals surface area (Å²) in [5.74, 6) is 0. The van der Waals surface area contributed by atoms with Crippen molar-refractivity contribution >= 4 is 11.5 Å². The lowest BCUT2D eigenvalue weighted by Crippen LogP contribution is -2.23. The predicted molar refractivity (Wildman–Crippen MR) is 81.9 cm³/mol. The largest absolute Gasteiger partial charge is 0.305 e. The van der Waals surface area contributed by atoms with Gasteiger partial charge in [0, 0.05) is 18.3 Å².